The highest BCUT2D eigenvalue weighted by Gasteiger charge is 2.24. The van der Waals surface area contributed by atoms with Crippen LogP contribution in [0, 0.1) is 11.3 Å². The number of hydrogen-bond acceptors (Lipinski definition) is 9. The zero-order chi connectivity index (χ0) is 24.1. The van der Waals surface area contributed by atoms with E-state index in [0.717, 1.165) is 22.6 Å². The summed E-state index contributed by atoms with van der Waals surface area (Å²) in [4.78, 5) is 12.8. The first-order chi connectivity index (χ1) is 16.6. The van der Waals surface area contributed by atoms with Crippen LogP contribution in [0.5, 0.6) is 5.75 Å². The van der Waals surface area contributed by atoms with Crippen molar-refractivity contribution in [1.82, 2.24) is 14.8 Å². The van der Waals surface area contributed by atoms with E-state index in [9.17, 15) is 10.1 Å². The molecule has 0 unspecified atom stereocenters. The molecule has 0 aliphatic carbocycles. The maximum Gasteiger partial charge on any atom is 0.348 e. The maximum atomic E-state index is 12.5. The Morgan fingerprint density at radius 2 is 2.00 bits per heavy atom. The molecule has 0 fully saturated rings. The van der Waals surface area contributed by atoms with Crippen LogP contribution in [0.25, 0.3) is 17.1 Å². The average molecular weight is 492 g/mol. The van der Waals surface area contributed by atoms with Crippen LogP contribution in [0.2, 0.25) is 0 Å². The Balaban J connectivity index is 1.75. The van der Waals surface area contributed by atoms with Gasteiger partial charge in [0.2, 0.25) is 0 Å². The number of nitriles is 1. The molecule has 8 nitrogen and oxygen atoms in total. The monoisotopic (exact) mass is 491 g/mol. The van der Waals surface area contributed by atoms with Crippen molar-refractivity contribution in [3.63, 3.8) is 0 Å². The highest BCUT2D eigenvalue weighted by Crippen LogP contribution is 2.37. The number of para-hydroxylation sites is 1. The minimum absolute atomic E-state index is 0.233. The van der Waals surface area contributed by atoms with Gasteiger partial charge in [0.15, 0.2) is 11.0 Å². The molecule has 0 radical (unpaired) electrons. The van der Waals surface area contributed by atoms with Crippen molar-refractivity contribution in [2.45, 2.75) is 17.8 Å². The van der Waals surface area contributed by atoms with Crippen LogP contribution in [0.15, 0.2) is 59.8 Å². The summed E-state index contributed by atoms with van der Waals surface area (Å²) in [5.74, 6) is 1.16. The minimum atomic E-state index is -0.488. The molecule has 2 N–H and O–H groups in total. The quantitative estimate of drug-likeness (QED) is 0.272. The fraction of sp³-hybridized carbons (Fsp3) is 0.167. The lowest BCUT2D eigenvalue weighted by Gasteiger charge is -2.11. The number of carbonyl (C=O) groups excluding carboxylic acids is 1. The van der Waals surface area contributed by atoms with Crippen molar-refractivity contribution in [2.24, 2.45) is 0 Å². The van der Waals surface area contributed by atoms with Crippen molar-refractivity contribution in [2.75, 3.05) is 19.5 Å². The predicted molar refractivity (Wildman–Crippen MR) is 132 cm³/mol. The molecule has 4 rings (SSSR count). The molecule has 172 valence electrons. The number of methoxy groups -OCH3 is 1. The molecule has 0 bridgehead atoms. The lowest BCUT2D eigenvalue weighted by molar-refractivity contribution is 0.0531. The second kappa shape index (κ2) is 10.4. The molecule has 0 amide bonds. The first-order valence-corrected chi connectivity index (χ1v) is 12.1. The summed E-state index contributed by atoms with van der Waals surface area (Å²) in [7, 11) is 1.61. The van der Waals surface area contributed by atoms with Gasteiger partial charge in [0.25, 0.3) is 0 Å². The highest BCUT2D eigenvalue weighted by molar-refractivity contribution is 7.98. The number of carbonyl (C=O) groups is 1. The van der Waals surface area contributed by atoms with Crippen LogP contribution < -0.4 is 10.5 Å². The molecule has 0 aliphatic rings. The van der Waals surface area contributed by atoms with Gasteiger partial charge in [-0.25, -0.2) is 4.79 Å². The van der Waals surface area contributed by atoms with Crippen molar-refractivity contribution >= 4 is 34.1 Å². The maximum absolute atomic E-state index is 12.5. The first-order valence-electron chi connectivity index (χ1n) is 10.3. The van der Waals surface area contributed by atoms with Crippen LogP contribution in [-0.2, 0) is 10.5 Å². The van der Waals surface area contributed by atoms with E-state index in [4.69, 9.17) is 15.2 Å². The van der Waals surface area contributed by atoms with Gasteiger partial charge in [-0.3, -0.25) is 4.57 Å². The molecule has 34 heavy (non-hydrogen) atoms. The van der Waals surface area contributed by atoms with Gasteiger partial charge in [-0.05, 0) is 31.2 Å². The Bertz CT molecular complexity index is 1360. The number of esters is 1. The molecule has 0 saturated heterocycles. The number of anilines is 1. The smallest absolute Gasteiger partial charge is 0.348 e. The number of nitrogen functional groups attached to an aromatic ring is 1. The summed E-state index contributed by atoms with van der Waals surface area (Å²) in [6, 6.07) is 19.4. The molecular weight excluding hydrogens is 470 g/mol. The van der Waals surface area contributed by atoms with Crippen molar-refractivity contribution in [1.29, 1.82) is 5.26 Å². The Labute approximate surface area is 205 Å². The number of hydrogen-bond donors (Lipinski definition) is 1. The van der Waals surface area contributed by atoms with E-state index in [2.05, 4.69) is 16.3 Å². The van der Waals surface area contributed by atoms with E-state index >= 15 is 0 Å². The Morgan fingerprint density at radius 1 is 1.21 bits per heavy atom. The second-order valence-electron chi connectivity index (χ2n) is 6.98. The largest absolute Gasteiger partial charge is 0.497 e. The third-order valence-electron chi connectivity index (χ3n) is 4.93. The Morgan fingerprint density at radius 3 is 2.71 bits per heavy atom. The van der Waals surface area contributed by atoms with Crippen molar-refractivity contribution in [3.8, 4) is 28.9 Å². The molecule has 0 spiro atoms. The summed E-state index contributed by atoms with van der Waals surface area (Å²) in [5, 5.41) is 19.4. The molecule has 0 saturated carbocycles. The number of nitrogens with two attached hydrogens (primary N) is 1. The zero-order valence-electron chi connectivity index (χ0n) is 18.5. The lowest BCUT2D eigenvalue weighted by Crippen LogP contribution is -2.05. The van der Waals surface area contributed by atoms with Crippen LogP contribution in [0.4, 0.5) is 5.00 Å². The van der Waals surface area contributed by atoms with Gasteiger partial charge in [-0.2, -0.15) is 5.26 Å². The first kappa shape index (κ1) is 23.4. The standard InChI is InChI=1S/C24H21N5O3S2/c1-3-32-23(30)20-19(18(13-25)21(26)34-20)14-33-24-28-27-22(15-8-7-11-17(12-15)31-2)29(24)16-9-5-4-6-10-16/h4-12H,3,14,26H2,1-2H3. The fourth-order valence-corrected chi connectivity index (χ4v) is 5.37. The van der Waals surface area contributed by atoms with Crippen molar-refractivity contribution in [3.05, 3.63) is 70.6 Å². The summed E-state index contributed by atoms with van der Waals surface area (Å²) in [6.45, 7) is 1.97. The van der Waals surface area contributed by atoms with Crippen LogP contribution in [0.3, 0.4) is 0 Å². The molecule has 10 heteroatoms. The number of thiophene rings is 1. The number of aromatic nitrogens is 3. The third kappa shape index (κ3) is 4.62. The van der Waals surface area contributed by atoms with E-state index < -0.39 is 5.97 Å². The zero-order valence-corrected chi connectivity index (χ0v) is 20.2. The van der Waals surface area contributed by atoms with Gasteiger partial charge in [-0.15, -0.1) is 21.5 Å². The van der Waals surface area contributed by atoms with E-state index in [1.165, 1.54) is 11.8 Å². The summed E-state index contributed by atoms with van der Waals surface area (Å²) in [5.41, 5.74) is 8.57. The van der Waals surface area contributed by atoms with Crippen molar-refractivity contribution < 1.29 is 14.3 Å². The molecule has 0 atom stereocenters. The van der Waals surface area contributed by atoms with Gasteiger partial charge >= 0.3 is 5.97 Å². The normalized spacial score (nSPS) is 10.6. The molecule has 2 aromatic heterocycles. The number of nitrogens with zero attached hydrogens (tertiary/aromatic N) is 4. The Kier molecular flexibility index (Phi) is 7.15. The molecule has 2 aromatic carbocycles. The van der Waals surface area contributed by atoms with Gasteiger partial charge in [-0.1, -0.05) is 42.1 Å². The van der Waals surface area contributed by atoms with E-state index in [-0.39, 0.29) is 6.61 Å². The minimum Gasteiger partial charge on any atom is -0.497 e. The number of rotatable bonds is 8. The summed E-state index contributed by atoms with van der Waals surface area (Å²) < 4.78 is 12.5. The van der Waals surface area contributed by atoms with E-state index in [0.29, 0.717) is 43.5 Å². The molecule has 0 aliphatic heterocycles. The SMILES string of the molecule is CCOC(=O)c1sc(N)c(C#N)c1CSc1nnc(-c2cccc(OC)c2)n1-c1ccccc1. The summed E-state index contributed by atoms with van der Waals surface area (Å²) in [6.07, 6.45) is 0. The molecular formula is C24H21N5O3S2. The fourth-order valence-electron chi connectivity index (χ4n) is 3.37. The van der Waals surface area contributed by atoms with Gasteiger partial charge < -0.3 is 15.2 Å². The summed E-state index contributed by atoms with van der Waals surface area (Å²) >= 11 is 2.43. The van der Waals surface area contributed by atoms with Gasteiger partial charge in [0, 0.05) is 22.6 Å². The van der Waals surface area contributed by atoms with Gasteiger partial charge in [0.05, 0.1) is 19.3 Å². The Hall–Kier alpha value is -3.81. The van der Waals surface area contributed by atoms with E-state index in [1.807, 2.05) is 59.2 Å². The molecule has 2 heterocycles. The average Bonchev–Trinajstić information content (AvgIpc) is 3.43. The molecule has 4 aromatic rings. The van der Waals surface area contributed by atoms with Gasteiger partial charge in [0.1, 0.15) is 21.7 Å². The second-order valence-corrected chi connectivity index (χ2v) is 8.97. The van der Waals surface area contributed by atoms with Crippen LogP contribution in [0.1, 0.15) is 27.7 Å². The van der Waals surface area contributed by atoms with E-state index in [1.54, 1.807) is 14.0 Å². The number of thioether (sulfide) groups is 1. The van der Waals surface area contributed by atoms with Crippen LogP contribution in [-0.4, -0.2) is 34.5 Å². The third-order valence-corrected chi connectivity index (χ3v) is 6.92. The topological polar surface area (TPSA) is 116 Å². The number of benzene rings is 2. The highest BCUT2D eigenvalue weighted by atomic mass is 32.2. The number of ether oxygens (including phenoxy) is 2. The lowest BCUT2D eigenvalue weighted by atomic mass is 10.2. The van der Waals surface area contributed by atoms with Crippen LogP contribution >= 0.6 is 23.1 Å². The predicted octanol–water partition coefficient (Wildman–Crippen LogP) is 4.93.